The number of carbonyl (C=O) groups is 1. The van der Waals surface area contributed by atoms with Crippen LogP contribution < -0.4 is 10.6 Å². The van der Waals surface area contributed by atoms with Crippen LogP contribution in [0.5, 0.6) is 0 Å². The predicted octanol–water partition coefficient (Wildman–Crippen LogP) is 3.46. The quantitative estimate of drug-likeness (QED) is 0.868. The van der Waals surface area contributed by atoms with Crippen molar-refractivity contribution in [3.63, 3.8) is 0 Å². The fraction of sp³-hybridized carbons (Fsp3) is 0.588. The molecule has 4 nitrogen and oxygen atoms in total. The number of fused-ring (bicyclic) bond motifs is 1. The maximum absolute atomic E-state index is 12.1. The Morgan fingerprint density at radius 2 is 1.91 bits per heavy atom. The topological polar surface area (TPSA) is 44.4 Å². The lowest BCUT2D eigenvalue weighted by Crippen LogP contribution is -2.49. The molecule has 1 aromatic rings. The van der Waals surface area contributed by atoms with Crippen LogP contribution in [0.4, 0.5) is 4.79 Å². The first-order valence-corrected chi connectivity index (χ1v) is 9.11. The first kappa shape index (κ1) is 16.9. The minimum absolute atomic E-state index is 0.0736. The second-order valence-electron chi connectivity index (χ2n) is 6.42. The Bertz CT molecular complexity index is 547. The van der Waals surface area contributed by atoms with Gasteiger partial charge in [0.2, 0.25) is 0 Å². The number of carbonyl (C=O) groups excluding carboxylic acids is 1. The van der Waals surface area contributed by atoms with E-state index in [1.807, 2.05) is 12.1 Å². The number of hydrogen-bond acceptors (Lipinski definition) is 2. The van der Waals surface area contributed by atoms with Crippen LogP contribution >= 0.6 is 23.2 Å². The molecule has 2 N–H and O–H groups in total. The van der Waals surface area contributed by atoms with Gasteiger partial charge < -0.3 is 10.6 Å². The van der Waals surface area contributed by atoms with Crippen LogP contribution in [0, 0.1) is 0 Å². The molecule has 0 spiro atoms. The Balaban J connectivity index is 1.43. The summed E-state index contributed by atoms with van der Waals surface area (Å²) < 4.78 is 0. The molecular weight excluding hydrogens is 333 g/mol. The van der Waals surface area contributed by atoms with Gasteiger partial charge in [-0.15, -0.1) is 0 Å². The van der Waals surface area contributed by atoms with Gasteiger partial charge in [-0.3, -0.25) is 4.90 Å². The lowest BCUT2D eigenvalue weighted by molar-refractivity contribution is 0.179. The number of nitrogens with zero attached hydrogens (tertiary/aromatic N) is 1. The molecular formula is C17H23Cl2N3O. The molecule has 2 unspecified atom stereocenters. The van der Waals surface area contributed by atoms with Crippen molar-refractivity contribution in [1.82, 2.24) is 15.5 Å². The number of nitrogens with one attached hydrogen (secondary N) is 2. The summed E-state index contributed by atoms with van der Waals surface area (Å²) in [6, 6.07) is 6.21. The van der Waals surface area contributed by atoms with Crippen molar-refractivity contribution in [2.24, 2.45) is 0 Å². The van der Waals surface area contributed by atoms with Gasteiger partial charge in [0.25, 0.3) is 0 Å². The van der Waals surface area contributed by atoms with E-state index in [4.69, 9.17) is 23.2 Å². The van der Waals surface area contributed by atoms with E-state index in [1.165, 1.54) is 25.8 Å². The Hall–Kier alpha value is -0.970. The molecule has 6 heteroatoms. The molecule has 2 aliphatic heterocycles. The normalized spacial score (nSPS) is 24.3. The summed E-state index contributed by atoms with van der Waals surface area (Å²) in [4.78, 5) is 14.6. The van der Waals surface area contributed by atoms with E-state index in [1.54, 1.807) is 6.07 Å². The van der Waals surface area contributed by atoms with Gasteiger partial charge in [0.15, 0.2) is 0 Å². The van der Waals surface area contributed by atoms with Crippen molar-refractivity contribution in [3.8, 4) is 0 Å². The summed E-state index contributed by atoms with van der Waals surface area (Å²) in [5, 5.41) is 7.33. The summed E-state index contributed by atoms with van der Waals surface area (Å²) in [5.41, 5.74) is 1.03. The second-order valence-corrected chi connectivity index (χ2v) is 7.30. The number of halogens is 2. The lowest BCUT2D eigenvalue weighted by Gasteiger charge is -2.32. The van der Waals surface area contributed by atoms with Gasteiger partial charge in [0.05, 0.1) is 0 Å². The van der Waals surface area contributed by atoms with E-state index in [9.17, 15) is 4.79 Å². The SMILES string of the molecule is O=C(NCCc1cc(Cl)cc(Cl)c1)NC1CCN2CCCCC12. The van der Waals surface area contributed by atoms with Crippen molar-refractivity contribution < 1.29 is 4.79 Å². The van der Waals surface area contributed by atoms with Gasteiger partial charge in [-0.25, -0.2) is 4.79 Å². The predicted molar refractivity (Wildman–Crippen MR) is 94.3 cm³/mol. The van der Waals surface area contributed by atoms with E-state index in [-0.39, 0.29) is 12.1 Å². The smallest absolute Gasteiger partial charge is 0.315 e. The molecule has 126 valence electrons. The van der Waals surface area contributed by atoms with Crippen molar-refractivity contribution in [2.45, 2.75) is 44.2 Å². The highest BCUT2D eigenvalue weighted by Gasteiger charge is 2.36. The zero-order valence-electron chi connectivity index (χ0n) is 13.2. The van der Waals surface area contributed by atoms with E-state index in [0.29, 0.717) is 29.1 Å². The van der Waals surface area contributed by atoms with Gasteiger partial charge in [0.1, 0.15) is 0 Å². The maximum atomic E-state index is 12.1. The van der Waals surface area contributed by atoms with E-state index < -0.39 is 0 Å². The summed E-state index contributed by atoms with van der Waals surface area (Å²) in [5.74, 6) is 0. The number of piperidine rings is 1. The van der Waals surface area contributed by atoms with Crippen molar-refractivity contribution in [1.29, 1.82) is 0 Å². The summed E-state index contributed by atoms with van der Waals surface area (Å²) in [6.45, 7) is 2.86. The molecule has 0 aromatic heterocycles. The molecule has 1 aromatic carbocycles. The molecule has 0 saturated carbocycles. The number of urea groups is 1. The van der Waals surface area contributed by atoms with E-state index in [2.05, 4.69) is 15.5 Å². The van der Waals surface area contributed by atoms with Crippen LogP contribution in [0.25, 0.3) is 0 Å². The van der Waals surface area contributed by atoms with Crippen LogP contribution in [0.2, 0.25) is 10.0 Å². The Morgan fingerprint density at radius 1 is 1.13 bits per heavy atom. The molecule has 0 radical (unpaired) electrons. The van der Waals surface area contributed by atoms with Crippen molar-refractivity contribution >= 4 is 29.2 Å². The number of hydrogen-bond donors (Lipinski definition) is 2. The Morgan fingerprint density at radius 3 is 2.70 bits per heavy atom. The van der Waals surface area contributed by atoms with E-state index in [0.717, 1.165) is 18.5 Å². The number of amides is 2. The zero-order chi connectivity index (χ0) is 16.2. The van der Waals surface area contributed by atoms with Crippen molar-refractivity contribution in [3.05, 3.63) is 33.8 Å². The molecule has 2 heterocycles. The van der Waals surface area contributed by atoms with Crippen LogP contribution in [0.1, 0.15) is 31.2 Å². The van der Waals surface area contributed by atoms with Gasteiger partial charge in [-0.05, 0) is 56.0 Å². The molecule has 2 aliphatic rings. The largest absolute Gasteiger partial charge is 0.338 e. The lowest BCUT2D eigenvalue weighted by atomic mass is 9.99. The van der Waals surface area contributed by atoms with Crippen LogP contribution in [-0.4, -0.2) is 42.6 Å². The third-order valence-corrected chi connectivity index (χ3v) is 5.23. The number of benzene rings is 1. The monoisotopic (exact) mass is 355 g/mol. The van der Waals surface area contributed by atoms with Gasteiger partial charge in [-0.1, -0.05) is 29.6 Å². The average Bonchev–Trinajstić information content (AvgIpc) is 2.90. The molecule has 2 fully saturated rings. The highest BCUT2D eigenvalue weighted by Crippen LogP contribution is 2.27. The molecule has 23 heavy (non-hydrogen) atoms. The third kappa shape index (κ3) is 4.52. The molecule has 0 bridgehead atoms. The van der Waals surface area contributed by atoms with Crippen LogP contribution in [-0.2, 0) is 6.42 Å². The van der Waals surface area contributed by atoms with Crippen LogP contribution in [0.15, 0.2) is 18.2 Å². The molecule has 2 atom stereocenters. The zero-order valence-corrected chi connectivity index (χ0v) is 14.7. The summed E-state index contributed by atoms with van der Waals surface area (Å²) >= 11 is 12.0. The van der Waals surface area contributed by atoms with Gasteiger partial charge >= 0.3 is 6.03 Å². The Labute approximate surface area is 147 Å². The standard InChI is InChI=1S/C17H23Cl2N3O/c18-13-9-12(10-14(19)11-13)4-6-20-17(23)21-15-5-8-22-7-2-1-3-16(15)22/h9-11,15-16H,1-8H2,(H2,20,21,23). The fourth-order valence-electron chi connectivity index (χ4n) is 3.71. The minimum Gasteiger partial charge on any atom is -0.338 e. The third-order valence-electron chi connectivity index (χ3n) is 4.79. The minimum atomic E-state index is -0.0736. The highest BCUT2D eigenvalue weighted by atomic mass is 35.5. The Kier molecular flexibility index (Phi) is 5.67. The first-order valence-electron chi connectivity index (χ1n) is 8.35. The maximum Gasteiger partial charge on any atom is 0.315 e. The van der Waals surface area contributed by atoms with Crippen molar-refractivity contribution in [2.75, 3.05) is 19.6 Å². The fourth-order valence-corrected chi connectivity index (χ4v) is 4.28. The molecule has 0 aliphatic carbocycles. The summed E-state index contributed by atoms with van der Waals surface area (Å²) in [6.07, 6.45) is 5.54. The average molecular weight is 356 g/mol. The first-order chi connectivity index (χ1) is 11.1. The number of rotatable bonds is 4. The summed E-state index contributed by atoms with van der Waals surface area (Å²) in [7, 11) is 0. The molecule has 3 rings (SSSR count). The second kappa shape index (κ2) is 7.73. The molecule has 2 amide bonds. The van der Waals surface area contributed by atoms with E-state index >= 15 is 0 Å². The highest BCUT2D eigenvalue weighted by molar-refractivity contribution is 6.34. The van der Waals surface area contributed by atoms with Gasteiger partial charge in [0, 0.05) is 35.2 Å². The molecule has 2 saturated heterocycles. The van der Waals surface area contributed by atoms with Crippen LogP contribution in [0.3, 0.4) is 0 Å². The van der Waals surface area contributed by atoms with Gasteiger partial charge in [-0.2, -0.15) is 0 Å².